The Hall–Kier alpha value is -3.07. The van der Waals surface area contributed by atoms with E-state index in [1.54, 1.807) is 10.9 Å². The van der Waals surface area contributed by atoms with Crippen LogP contribution in [0.5, 0.6) is 6.01 Å². The number of fused-ring (bicyclic) bond motifs is 1. The van der Waals surface area contributed by atoms with E-state index in [-0.39, 0.29) is 6.01 Å². The third-order valence-corrected chi connectivity index (χ3v) is 3.42. The minimum absolute atomic E-state index is 0.252. The largest absolute Gasteiger partial charge is 0.463 e. The maximum absolute atomic E-state index is 5.90. The quantitative estimate of drug-likeness (QED) is 0.557. The molecule has 0 aliphatic heterocycles. The Bertz CT molecular complexity index is 835. The highest BCUT2D eigenvalue weighted by atomic mass is 16.5. The number of rotatable bonds is 6. The van der Waals surface area contributed by atoms with Crippen molar-refractivity contribution in [3.63, 3.8) is 0 Å². The Morgan fingerprint density at radius 3 is 2.83 bits per heavy atom. The van der Waals surface area contributed by atoms with Crippen LogP contribution in [0.1, 0.15) is 12.0 Å². The number of benzene rings is 1. The zero-order chi connectivity index (χ0) is 16.1. The van der Waals surface area contributed by atoms with Gasteiger partial charge in [-0.1, -0.05) is 36.3 Å². The summed E-state index contributed by atoms with van der Waals surface area (Å²) < 4.78 is 7.36. The molecule has 0 spiro atoms. The molecule has 2 heterocycles. The molecule has 0 saturated carbocycles. The predicted molar refractivity (Wildman–Crippen MR) is 88.8 cm³/mol. The molecule has 3 rings (SSSR count). The van der Waals surface area contributed by atoms with Gasteiger partial charge in [-0.05, 0) is 18.4 Å². The highest BCUT2D eigenvalue weighted by molar-refractivity contribution is 5.81. The van der Waals surface area contributed by atoms with Crippen molar-refractivity contribution in [3.8, 4) is 18.4 Å². The fourth-order valence-corrected chi connectivity index (χ4v) is 2.31. The molecule has 23 heavy (non-hydrogen) atoms. The maximum atomic E-state index is 5.90. The number of terminal acetylenes is 1. The summed E-state index contributed by atoms with van der Waals surface area (Å²) in [5.74, 6) is 2.85. The van der Waals surface area contributed by atoms with Crippen LogP contribution in [0.25, 0.3) is 11.2 Å². The Balaban J connectivity index is 1.66. The van der Waals surface area contributed by atoms with Gasteiger partial charge in [-0.15, -0.1) is 6.42 Å². The van der Waals surface area contributed by atoms with Crippen molar-refractivity contribution in [3.05, 3.63) is 42.2 Å². The van der Waals surface area contributed by atoms with Gasteiger partial charge in [0.15, 0.2) is 17.0 Å². The number of anilines is 1. The average Bonchev–Trinajstić information content (AvgIpc) is 2.97. The summed E-state index contributed by atoms with van der Waals surface area (Å²) in [6, 6.07) is 10.5. The highest BCUT2D eigenvalue weighted by Crippen LogP contribution is 2.19. The Kier molecular flexibility index (Phi) is 4.39. The first-order valence-corrected chi connectivity index (χ1v) is 7.36. The summed E-state index contributed by atoms with van der Waals surface area (Å²) in [5.41, 5.74) is 8.31. The first-order valence-electron chi connectivity index (χ1n) is 7.36. The summed E-state index contributed by atoms with van der Waals surface area (Å²) in [6.07, 6.45) is 8.75. The standard InChI is InChI=1S/C17H17N5O/c1-2-10-22-12-19-14-15(18)20-17(21-16(14)22)23-11-6-9-13-7-4-3-5-8-13/h1,3-5,7-8,12H,6,9-11H2,(H2,18,20,21). The number of ether oxygens (including phenoxy) is 1. The normalized spacial score (nSPS) is 10.6. The van der Waals surface area contributed by atoms with Crippen molar-refractivity contribution in [1.29, 1.82) is 0 Å². The second-order valence-corrected chi connectivity index (χ2v) is 5.08. The minimum atomic E-state index is 0.252. The smallest absolute Gasteiger partial charge is 0.320 e. The van der Waals surface area contributed by atoms with Crippen molar-refractivity contribution >= 4 is 17.0 Å². The molecule has 0 aliphatic carbocycles. The molecular weight excluding hydrogens is 290 g/mol. The van der Waals surface area contributed by atoms with Crippen molar-refractivity contribution in [2.24, 2.45) is 0 Å². The van der Waals surface area contributed by atoms with E-state index in [0.717, 1.165) is 12.8 Å². The van der Waals surface area contributed by atoms with Crippen molar-refractivity contribution in [2.45, 2.75) is 19.4 Å². The highest BCUT2D eigenvalue weighted by Gasteiger charge is 2.11. The van der Waals surface area contributed by atoms with E-state index in [4.69, 9.17) is 16.9 Å². The molecule has 2 N–H and O–H groups in total. The number of aryl methyl sites for hydroxylation is 1. The van der Waals surface area contributed by atoms with Gasteiger partial charge < -0.3 is 15.0 Å². The molecule has 2 aromatic heterocycles. The van der Waals surface area contributed by atoms with E-state index in [1.165, 1.54) is 5.56 Å². The topological polar surface area (TPSA) is 78.9 Å². The van der Waals surface area contributed by atoms with Crippen LogP contribution in [0.3, 0.4) is 0 Å². The number of aromatic nitrogens is 4. The molecule has 6 nitrogen and oxygen atoms in total. The third-order valence-electron chi connectivity index (χ3n) is 3.42. The molecule has 6 heteroatoms. The zero-order valence-electron chi connectivity index (χ0n) is 12.6. The lowest BCUT2D eigenvalue weighted by Gasteiger charge is -2.06. The van der Waals surface area contributed by atoms with Gasteiger partial charge in [-0.2, -0.15) is 9.97 Å². The SMILES string of the molecule is C#CCn1cnc2c(N)nc(OCCCc3ccccc3)nc21. The van der Waals surface area contributed by atoms with Crippen LogP contribution < -0.4 is 10.5 Å². The Labute approximate surface area is 134 Å². The summed E-state index contributed by atoms with van der Waals surface area (Å²) in [7, 11) is 0. The fraction of sp³-hybridized carbons (Fsp3) is 0.235. The van der Waals surface area contributed by atoms with Gasteiger partial charge >= 0.3 is 6.01 Å². The third kappa shape index (κ3) is 3.40. The van der Waals surface area contributed by atoms with Crippen molar-refractivity contribution in [2.75, 3.05) is 12.3 Å². The first kappa shape index (κ1) is 14.9. The monoisotopic (exact) mass is 307 g/mol. The zero-order valence-corrected chi connectivity index (χ0v) is 12.6. The van der Waals surface area contributed by atoms with Gasteiger partial charge in [0, 0.05) is 0 Å². The Morgan fingerprint density at radius 1 is 1.22 bits per heavy atom. The molecule has 116 valence electrons. The second kappa shape index (κ2) is 6.79. The summed E-state index contributed by atoms with van der Waals surface area (Å²) >= 11 is 0. The lowest BCUT2D eigenvalue weighted by atomic mass is 10.1. The second-order valence-electron chi connectivity index (χ2n) is 5.08. The van der Waals surface area contributed by atoms with Gasteiger partial charge in [0.2, 0.25) is 0 Å². The van der Waals surface area contributed by atoms with E-state index in [2.05, 4.69) is 33.0 Å². The van der Waals surface area contributed by atoms with Gasteiger partial charge in [0.25, 0.3) is 0 Å². The van der Waals surface area contributed by atoms with E-state index >= 15 is 0 Å². The lowest BCUT2D eigenvalue weighted by Crippen LogP contribution is -2.06. The number of hydrogen-bond donors (Lipinski definition) is 1. The van der Waals surface area contributed by atoms with Crippen LogP contribution in [0.2, 0.25) is 0 Å². The van der Waals surface area contributed by atoms with Crippen LogP contribution >= 0.6 is 0 Å². The molecule has 1 aromatic carbocycles. The maximum Gasteiger partial charge on any atom is 0.320 e. The molecule has 0 saturated heterocycles. The molecule has 0 radical (unpaired) electrons. The van der Waals surface area contributed by atoms with Gasteiger partial charge in [-0.25, -0.2) is 4.98 Å². The molecule has 0 unspecified atom stereocenters. The van der Waals surface area contributed by atoms with E-state index in [0.29, 0.717) is 30.1 Å². The van der Waals surface area contributed by atoms with Crippen molar-refractivity contribution < 1.29 is 4.74 Å². The van der Waals surface area contributed by atoms with Crippen LogP contribution in [-0.2, 0) is 13.0 Å². The minimum Gasteiger partial charge on any atom is -0.463 e. The van der Waals surface area contributed by atoms with Crippen LogP contribution in [0.4, 0.5) is 5.82 Å². The number of nitrogen functional groups attached to an aromatic ring is 1. The first-order chi connectivity index (χ1) is 11.3. The summed E-state index contributed by atoms with van der Waals surface area (Å²) in [4.78, 5) is 12.7. The molecule has 3 aromatic rings. The molecule has 0 bridgehead atoms. The van der Waals surface area contributed by atoms with Crippen LogP contribution in [0, 0.1) is 12.3 Å². The molecule has 0 amide bonds. The summed E-state index contributed by atoms with van der Waals surface area (Å²) in [5, 5.41) is 0. The Morgan fingerprint density at radius 2 is 2.04 bits per heavy atom. The van der Waals surface area contributed by atoms with Gasteiger partial charge in [0.05, 0.1) is 19.5 Å². The van der Waals surface area contributed by atoms with Crippen LogP contribution in [-0.4, -0.2) is 26.1 Å². The lowest BCUT2D eigenvalue weighted by molar-refractivity contribution is 0.288. The number of imidazole rings is 1. The summed E-state index contributed by atoms with van der Waals surface area (Å²) in [6.45, 7) is 0.892. The van der Waals surface area contributed by atoms with Gasteiger partial charge in [-0.3, -0.25) is 0 Å². The molecular formula is C17H17N5O. The molecule has 0 aliphatic rings. The van der Waals surface area contributed by atoms with Gasteiger partial charge in [0.1, 0.15) is 0 Å². The van der Waals surface area contributed by atoms with E-state index < -0.39 is 0 Å². The number of nitrogens with zero attached hydrogens (tertiary/aromatic N) is 4. The van der Waals surface area contributed by atoms with E-state index in [9.17, 15) is 0 Å². The molecule has 0 fully saturated rings. The average molecular weight is 307 g/mol. The number of hydrogen-bond acceptors (Lipinski definition) is 5. The van der Waals surface area contributed by atoms with E-state index in [1.807, 2.05) is 18.2 Å². The number of nitrogens with two attached hydrogens (primary N) is 1. The van der Waals surface area contributed by atoms with Crippen molar-refractivity contribution in [1.82, 2.24) is 19.5 Å². The predicted octanol–water partition coefficient (Wildman–Crippen LogP) is 2.05. The molecule has 0 atom stereocenters. The fourth-order valence-electron chi connectivity index (χ4n) is 2.31. The van der Waals surface area contributed by atoms with Crippen LogP contribution in [0.15, 0.2) is 36.7 Å².